The maximum atomic E-state index is 10.4. The minimum atomic E-state index is -1.85. The maximum absolute atomic E-state index is 10.4. The first-order valence-electron chi connectivity index (χ1n) is 10.8. The zero-order valence-corrected chi connectivity index (χ0v) is 17.7. The van der Waals surface area contributed by atoms with Gasteiger partial charge in [0, 0.05) is 6.54 Å². The van der Waals surface area contributed by atoms with Gasteiger partial charge < -0.3 is 5.11 Å². The highest BCUT2D eigenvalue weighted by atomic mass is 32.2. The lowest BCUT2D eigenvalue weighted by atomic mass is 10.0. The SMILES string of the molecule is O=S(O)NCCCCCCCCCCCCCCCCc1ccc(O)cc1. The van der Waals surface area contributed by atoms with E-state index in [1.54, 1.807) is 12.1 Å². The van der Waals surface area contributed by atoms with Crippen molar-refractivity contribution in [3.63, 3.8) is 0 Å². The molecule has 27 heavy (non-hydrogen) atoms. The van der Waals surface area contributed by atoms with Gasteiger partial charge in [0.1, 0.15) is 5.75 Å². The first kappa shape index (κ1) is 24.1. The van der Waals surface area contributed by atoms with Crippen molar-refractivity contribution in [3.05, 3.63) is 29.8 Å². The summed E-state index contributed by atoms with van der Waals surface area (Å²) >= 11 is -1.85. The summed E-state index contributed by atoms with van der Waals surface area (Å²) in [6.45, 7) is 0.639. The van der Waals surface area contributed by atoms with Crippen LogP contribution in [0.15, 0.2) is 24.3 Å². The predicted molar refractivity (Wildman–Crippen MR) is 115 cm³/mol. The van der Waals surface area contributed by atoms with Crippen LogP contribution in [0.4, 0.5) is 0 Å². The van der Waals surface area contributed by atoms with Crippen LogP contribution in [0.2, 0.25) is 0 Å². The highest BCUT2D eigenvalue weighted by Gasteiger charge is 1.97. The molecule has 1 rings (SSSR count). The fraction of sp³-hybridized carbons (Fsp3) is 0.727. The molecule has 0 amide bonds. The Hall–Kier alpha value is -0.910. The third-order valence-electron chi connectivity index (χ3n) is 5.05. The molecule has 1 aromatic carbocycles. The monoisotopic (exact) mass is 397 g/mol. The van der Waals surface area contributed by atoms with Crippen LogP contribution in [0.3, 0.4) is 0 Å². The smallest absolute Gasteiger partial charge is 0.231 e. The fourth-order valence-electron chi connectivity index (χ4n) is 3.40. The summed E-state index contributed by atoms with van der Waals surface area (Å²) in [4.78, 5) is 0. The van der Waals surface area contributed by atoms with Gasteiger partial charge in [0.15, 0.2) is 0 Å². The summed E-state index contributed by atoms with van der Waals surface area (Å²) in [6.07, 6.45) is 19.2. The normalized spacial score (nSPS) is 12.3. The molecule has 1 aromatic rings. The molecule has 156 valence electrons. The third kappa shape index (κ3) is 15.8. The summed E-state index contributed by atoms with van der Waals surface area (Å²) in [7, 11) is 0. The number of aromatic hydroxyl groups is 1. The number of hydrogen-bond donors (Lipinski definition) is 3. The largest absolute Gasteiger partial charge is 0.508 e. The van der Waals surface area contributed by atoms with E-state index in [0.29, 0.717) is 12.3 Å². The number of nitrogens with one attached hydrogen (secondary N) is 1. The minimum absolute atomic E-state index is 0.352. The molecule has 0 saturated heterocycles. The quantitative estimate of drug-likeness (QED) is 0.206. The highest BCUT2D eigenvalue weighted by molar-refractivity contribution is 7.77. The molecule has 0 aliphatic carbocycles. The minimum Gasteiger partial charge on any atom is -0.508 e. The second kappa shape index (κ2) is 17.2. The van der Waals surface area contributed by atoms with E-state index >= 15 is 0 Å². The van der Waals surface area contributed by atoms with Crippen molar-refractivity contribution in [2.45, 2.75) is 96.3 Å². The standard InChI is InChI=1S/C22H39NO3S/c24-22-18-16-21(17-19-22)15-13-11-9-7-5-3-1-2-4-6-8-10-12-14-20-23-27(25)26/h16-19,23-24H,1-15,20H2,(H,25,26). The van der Waals surface area contributed by atoms with Crippen molar-refractivity contribution in [1.29, 1.82) is 0 Å². The number of phenols is 1. The first-order chi connectivity index (χ1) is 13.2. The van der Waals surface area contributed by atoms with Gasteiger partial charge in [-0.15, -0.1) is 0 Å². The average Bonchev–Trinajstić information content (AvgIpc) is 2.65. The molecule has 3 N–H and O–H groups in total. The number of rotatable bonds is 18. The molecule has 4 nitrogen and oxygen atoms in total. The van der Waals surface area contributed by atoms with E-state index in [0.717, 1.165) is 19.3 Å². The van der Waals surface area contributed by atoms with Crippen LogP contribution in [0.25, 0.3) is 0 Å². The topological polar surface area (TPSA) is 69.6 Å². The molecule has 0 aliphatic rings. The van der Waals surface area contributed by atoms with Crippen LogP contribution < -0.4 is 4.72 Å². The van der Waals surface area contributed by atoms with Crippen LogP contribution >= 0.6 is 0 Å². The molecule has 0 fully saturated rings. The average molecular weight is 398 g/mol. The van der Waals surface area contributed by atoms with E-state index in [4.69, 9.17) is 4.55 Å². The molecule has 5 heteroatoms. The number of benzene rings is 1. The Bertz CT molecular complexity index is 479. The Labute approximate surface area is 168 Å². The first-order valence-corrected chi connectivity index (χ1v) is 11.9. The van der Waals surface area contributed by atoms with Crippen LogP contribution in [0.5, 0.6) is 5.75 Å². The van der Waals surface area contributed by atoms with E-state index < -0.39 is 11.3 Å². The van der Waals surface area contributed by atoms with Gasteiger partial charge in [0.05, 0.1) is 0 Å². The van der Waals surface area contributed by atoms with Crippen molar-refractivity contribution in [1.82, 2.24) is 4.72 Å². The molecule has 0 saturated carbocycles. The maximum Gasteiger partial charge on any atom is 0.231 e. The molecule has 0 aromatic heterocycles. The van der Waals surface area contributed by atoms with Crippen LogP contribution in [-0.4, -0.2) is 20.4 Å². The Morgan fingerprint density at radius 1 is 0.667 bits per heavy atom. The van der Waals surface area contributed by atoms with Crippen LogP contribution in [0.1, 0.15) is 95.5 Å². The number of aryl methyl sites for hydroxylation is 1. The van der Waals surface area contributed by atoms with Crippen LogP contribution in [-0.2, 0) is 17.7 Å². The molecular formula is C22H39NO3S. The molecule has 0 spiro atoms. The summed E-state index contributed by atoms with van der Waals surface area (Å²) in [6, 6.07) is 7.59. The lowest BCUT2D eigenvalue weighted by molar-refractivity contribution is 0.475. The number of unbranched alkanes of at least 4 members (excludes halogenated alkanes) is 13. The van der Waals surface area contributed by atoms with E-state index in [1.165, 1.54) is 82.6 Å². The Morgan fingerprint density at radius 2 is 1.07 bits per heavy atom. The molecule has 1 unspecified atom stereocenters. The Balaban J connectivity index is 1.73. The van der Waals surface area contributed by atoms with Gasteiger partial charge in [0.2, 0.25) is 11.3 Å². The zero-order valence-electron chi connectivity index (χ0n) is 16.8. The zero-order chi connectivity index (χ0) is 19.6. The number of phenolic OH excluding ortho intramolecular Hbond substituents is 1. The summed E-state index contributed by atoms with van der Waals surface area (Å²) in [5.41, 5.74) is 1.33. The van der Waals surface area contributed by atoms with E-state index in [-0.39, 0.29) is 0 Å². The van der Waals surface area contributed by atoms with E-state index in [2.05, 4.69) is 4.72 Å². The third-order valence-corrected chi connectivity index (χ3v) is 5.51. The van der Waals surface area contributed by atoms with Gasteiger partial charge >= 0.3 is 0 Å². The summed E-state index contributed by atoms with van der Waals surface area (Å²) in [5.74, 6) is 0.352. The van der Waals surface area contributed by atoms with Crippen molar-refractivity contribution < 1.29 is 13.9 Å². The van der Waals surface area contributed by atoms with Crippen LogP contribution in [0, 0.1) is 0 Å². The molecule has 0 bridgehead atoms. The summed E-state index contributed by atoms with van der Waals surface area (Å²) in [5, 5.41) is 9.27. The second-order valence-corrected chi connectivity index (χ2v) is 8.30. The highest BCUT2D eigenvalue weighted by Crippen LogP contribution is 2.15. The lowest BCUT2D eigenvalue weighted by Gasteiger charge is -2.04. The molecule has 1 atom stereocenters. The Morgan fingerprint density at radius 3 is 1.52 bits per heavy atom. The lowest BCUT2D eigenvalue weighted by Crippen LogP contribution is -2.17. The molecule has 0 aliphatic heterocycles. The van der Waals surface area contributed by atoms with Crippen molar-refractivity contribution in [2.24, 2.45) is 0 Å². The summed E-state index contributed by atoms with van der Waals surface area (Å²) < 4.78 is 21.5. The van der Waals surface area contributed by atoms with Gasteiger partial charge in [-0.05, 0) is 37.0 Å². The molecule has 0 heterocycles. The van der Waals surface area contributed by atoms with Gasteiger partial charge in [-0.2, -0.15) is 0 Å². The fourth-order valence-corrected chi connectivity index (χ4v) is 3.72. The van der Waals surface area contributed by atoms with Gasteiger partial charge in [-0.25, -0.2) is 8.93 Å². The van der Waals surface area contributed by atoms with Gasteiger partial charge in [-0.3, -0.25) is 4.55 Å². The van der Waals surface area contributed by atoms with Crippen molar-refractivity contribution >= 4 is 11.3 Å². The van der Waals surface area contributed by atoms with E-state index in [9.17, 15) is 9.32 Å². The predicted octanol–water partition coefficient (Wildman–Crippen LogP) is 6.12. The Kier molecular flexibility index (Phi) is 15.4. The second-order valence-electron chi connectivity index (χ2n) is 7.51. The molecule has 0 radical (unpaired) electrons. The van der Waals surface area contributed by atoms with Crippen molar-refractivity contribution in [2.75, 3.05) is 6.54 Å². The molecular weight excluding hydrogens is 358 g/mol. The van der Waals surface area contributed by atoms with E-state index in [1.807, 2.05) is 12.1 Å². The van der Waals surface area contributed by atoms with Crippen molar-refractivity contribution in [3.8, 4) is 5.75 Å². The number of hydrogen-bond acceptors (Lipinski definition) is 2. The van der Waals surface area contributed by atoms with Gasteiger partial charge in [0.25, 0.3) is 0 Å². The van der Waals surface area contributed by atoms with Gasteiger partial charge in [-0.1, -0.05) is 89.2 Å².